The van der Waals surface area contributed by atoms with Crippen LogP contribution in [0.1, 0.15) is 39.0 Å². The molecule has 4 rings (SSSR count). The zero-order valence-electron chi connectivity index (χ0n) is 25.3. The van der Waals surface area contributed by atoms with E-state index in [2.05, 4.69) is 20.9 Å². The zero-order valence-corrected chi connectivity index (χ0v) is 27.7. The van der Waals surface area contributed by atoms with Gasteiger partial charge >= 0.3 is 19.4 Å². The standard InChI is InChI=1S/C30H37BrN3O9P/c1-30(2,3)19-40-27(36)17-34(4,5)44(39,43-24-12-8-10-20-9-6-7-11-22(20)24)41-18-25-23(35)15-26(42-25)33-16-21(13-14-31)28(37)32-29(33)38/h6-14,16,23,25-26,35H,15,17-19H2,1-5H3/p+1/b14-13+/t23-,25+,26+,44?/m0/s1. The van der Waals surface area contributed by atoms with Gasteiger partial charge in [-0.05, 0) is 27.9 Å². The third-order valence-electron chi connectivity index (χ3n) is 6.96. The van der Waals surface area contributed by atoms with E-state index < -0.39 is 47.7 Å². The second kappa shape index (κ2) is 13.5. The number of esters is 1. The molecular formula is C30H38BrN3O9P+. The number of carbonyl (C=O) groups is 1. The molecule has 1 saturated heterocycles. The minimum atomic E-state index is -4.26. The van der Waals surface area contributed by atoms with E-state index in [0.29, 0.717) is 11.1 Å². The lowest BCUT2D eigenvalue weighted by Gasteiger charge is -2.34. The lowest BCUT2D eigenvalue weighted by molar-refractivity contribution is -0.772. The average Bonchev–Trinajstić information content (AvgIpc) is 3.32. The molecule has 2 heterocycles. The van der Waals surface area contributed by atoms with Crippen molar-refractivity contribution in [2.45, 2.75) is 45.6 Å². The van der Waals surface area contributed by atoms with Crippen LogP contribution in [0.3, 0.4) is 0 Å². The predicted octanol–water partition coefficient (Wildman–Crippen LogP) is 4.57. The van der Waals surface area contributed by atoms with Crippen molar-refractivity contribution in [3.8, 4) is 5.75 Å². The SMILES string of the molecule is CC(C)(C)COC(=O)C[N+](C)(C)P(=O)(OC[C@H]1O[C@@H](n2cc(/C=C/Br)c(=O)[nH]c2=O)C[C@@H]1O)Oc1cccc2ccccc12. The molecule has 2 aromatic carbocycles. The zero-order chi connectivity index (χ0) is 32.3. The van der Waals surface area contributed by atoms with Gasteiger partial charge in [-0.3, -0.25) is 18.9 Å². The van der Waals surface area contributed by atoms with Crippen LogP contribution in [0, 0.1) is 5.41 Å². The normalized spacial score (nSPS) is 20.6. The number of aromatic nitrogens is 2. The van der Waals surface area contributed by atoms with Crippen molar-refractivity contribution in [3.05, 3.63) is 80.0 Å². The van der Waals surface area contributed by atoms with Crippen LogP contribution in [0.15, 0.2) is 63.2 Å². The summed E-state index contributed by atoms with van der Waals surface area (Å²) < 4.78 is 38.9. The quantitative estimate of drug-likeness (QED) is 0.218. The van der Waals surface area contributed by atoms with Crippen molar-refractivity contribution in [2.24, 2.45) is 5.41 Å². The van der Waals surface area contributed by atoms with Gasteiger partial charge in [-0.25, -0.2) is 13.8 Å². The highest BCUT2D eigenvalue weighted by Gasteiger charge is 2.50. The average molecular weight is 696 g/mol. The molecule has 2 N–H and O–H groups in total. The summed E-state index contributed by atoms with van der Waals surface area (Å²) in [5.41, 5.74) is -1.35. The molecule has 238 valence electrons. The first kappa shape index (κ1) is 33.8. The van der Waals surface area contributed by atoms with Crippen molar-refractivity contribution >= 4 is 46.5 Å². The van der Waals surface area contributed by atoms with Crippen LogP contribution in [0.2, 0.25) is 0 Å². The number of likely N-dealkylation sites (N-methyl/N-ethyl adjacent to an activating group) is 1. The summed E-state index contributed by atoms with van der Waals surface area (Å²) in [5.74, 6) is -0.295. The van der Waals surface area contributed by atoms with Crippen LogP contribution in [0.4, 0.5) is 0 Å². The van der Waals surface area contributed by atoms with Crippen LogP contribution < -0.4 is 15.8 Å². The molecule has 12 nitrogen and oxygen atoms in total. The maximum Gasteiger partial charge on any atom is 0.587 e. The second-order valence-corrected chi connectivity index (χ2v) is 15.3. The van der Waals surface area contributed by atoms with E-state index in [1.807, 2.05) is 51.1 Å². The van der Waals surface area contributed by atoms with E-state index in [-0.39, 0.29) is 37.2 Å². The Bertz CT molecular complexity index is 1690. The number of ether oxygens (including phenoxy) is 2. The number of hydrogen-bond acceptors (Lipinski definition) is 9. The molecule has 1 aliphatic rings. The molecule has 0 spiro atoms. The Hall–Kier alpha value is -3.06. The number of fused-ring (bicyclic) bond motifs is 1. The van der Waals surface area contributed by atoms with Gasteiger partial charge in [-0.2, -0.15) is 4.57 Å². The van der Waals surface area contributed by atoms with E-state index in [0.717, 1.165) is 5.39 Å². The molecule has 0 radical (unpaired) electrons. The molecule has 0 saturated carbocycles. The number of carbonyl (C=O) groups excluding carboxylic acids is 1. The van der Waals surface area contributed by atoms with Crippen LogP contribution >= 0.6 is 23.7 Å². The Morgan fingerprint density at radius 2 is 1.91 bits per heavy atom. The Labute approximate surface area is 263 Å². The molecule has 1 unspecified atom stereocenters. The molecule has 1 fully saturated rings. The smallest absolute Gasteiger partial charge is 0.461 e. The summed E-state index contributed by atoms with van der Waals surface area (Å²) in [6, 6.07) is 12.7. The van der Waals surface area contributed by atoms with Gasteiger partial charge in [0.25, 0.3) is 5.56 Å². The van der Waals surface area contributed by atoms with Crippen LogP contribution in [-0.4, -0.2) is 70.9 Å². The maximum absolute atomic E-state index is 14.7. The van der Waals surface area contributed by atoms with Crippen molar-refractivity contribution in [1.29, 1.82) is 0 Å². The summed E-state index contributed by atoms with van der Waals surface area (Å²) >= 11 is 3.11. The molecular weight excluding hydrogens is 657 g/mol. The van der Waals surface area contributed by atoms with E-state index in [4.69, 9.17) is 18.5 Å². The minimum Gasteiger partial charge on any atom is -0.461 e. The molecule has 44 heavy (non-hydrogen) atoms. The van der Waals surface area contributed by atoms with Crippen molar-refractivity contribution in [1.82, 2.24) is 9.55 Å². The molecule has 1 aromatic heterocycles. The Morgan fingerprint density at radius 1 is 1.20 bits per heavy atom. The summed E-state index contributed by atoms with van der Waals surface area (Å²) in [6.07, 6.45) is -0.244. The highest BCUT2D eigenvalue weighted by molar-refractivity contribution is 9.11. The monoisotopic (exact) mass is 694 g/mol. The van der Waals surface area contributed by atoms with Gasteiger partial charge in [0.2, 0.25) is 0 Å². The van der Waals surface area contributed by atoms with Crippen molar-refractivity contribution < 1.29 is 37.2 Å². The van der Waals surface area contributed by atoms with E-state index in [1.165, 1.54) is 35.9 Å². The minimum absolute atomic E-state index is 0.00328. The van der Waals surface area contributed by atoms with Gasteiger partial charge in [0.15, 0.2) is 6.54 Å². The van der Waals surface area contributed by atoms with Crippen LogP contribution in [0.5, 0.6) is 5.75 Å². The summed E-state index contributed by atoms with van der Waals surface area (Å²) in [5, 5.41) is 12.4. The molecule has 4 atom stereocenters. The fraction of sp³-hybridized carbons (Fsp3) is 0.433. The molecule has 0 amide bonds. The van der Waals surface area contributed by atoms with E-state index in [1.54, 1.807) is 12.1 Å². The maximum atomic E-state index is 14.7. The first-order valence-corrected chi connectivity index (χ1v) is 16.4. The van der Waals surface area contributed by atoms with Gasteiger partial charge in [-0.1, -0.05) is 73.1 Å². The number of aliphatic hydroxyl groups excluding tert-OH is 1. The highest BCUT2D eigenvalue weighted by atomic mass is 79.9. The van der Waals surface area contributed by atoms with E-state index in [9.17, 15) is 24.1 Å². The lowest BCUT2D eigenvalue weighted by atomic mass is 9.99. The lowest BCUT2D eigenvalue weighted by Crippen LogP contribution is -2.44. The third kappa shape index (κ3) is 7.96. The Balaban J connectivity index is 1.60. The van der Waals surface area contributed by atoms with Gasteiger partial charge in [0.05, 0.1) is 39.0 Å². The second-order valence-electron chi connectivity index (χ2n) is 12.3. The first-order valence-electron chi connectivity index (χ1n) is 14.0. The Morgan fingerprint density at radius 3 is 2.61 bits per heavy atom. The number of rotatable bonds is 11. The number of hydrogen-bond donors (Lipinski definition) is 2. The number of quaternary nitrogens is 1. The Kier molecular flexibility index (Phi) is 10.4. The van der Waals surface area contributed by atoms with Crippen LogP contribution in [0.25, 0.3) is 16.8 Å². The number of benzene rings is 2. The number of H-pyrrole nitrogens is 1. The van der Waals surface area contributed by atoms with Crippen molar-refractivity contribution in [3.63, 3.8) is 0 Å². The number of aromatic amines is 1. The fourth-order valence-corrected chi connectivity index (χ4v) is 6.45. The molecule has 3 aromatic rings. The number of nitrogens with one attached hydrogen (secondary N) is 1. The first-order chi connectivity index (χ1) is 20.6. The van der Waals surface area contributed by atoms with Crippen LogP contribution in [-0.2, 0) is 23.4 Å². The topological polar surface area (TPSA) is 146 Å². The third-order valence-corrected chi connectivity index (χ3v) is 9.60. The molecule has 0 bridgehead atoms. The fourth-order valence-electron chi connectivity index (χ4n) is 4.54. The highest BCUT2D eigenvalue weighted by Crippen LogP contribution is 2.57. The van der Waals surface area contributed by atoms with Gasteiger partial charge in [0, 0.05) is 18.0 Å². The molecule has 0 aliphatic carbocycles. The predicted molar refractivity (Wildman–Crippen MR) is 169 cm³/mol. The van der Waals surface area contributed by atoms with Gasteiger partial charge in [0.1, 0.15) is 18.1 Å². The van der Waals surface area contributed by atoms with Crippen molar-refractivity contribution in [2.75, 3.05) is 33.9 Å². The summed E-state index contributed by atoms with van der Waals surface area (Å²) in [6.45, 7) is 5.24. The summed E-state index contributed by atoms with van der Waals surface area (Å²) in [4.78, 5) is 41.2. The largest absolute Gasteiger partial charge is 0.587 e. The summed E-state index contributed by atoms with van der Waals surface area (Å²) in [7, 11) is -1.18. The number of halogens is 1. The molecule has 1 aliphatic heterocycles. The van der Waals surface area contributed by atoms with E-state index >= 15 is 0 Å². The molecule has 14 heteroatoms. The number of aliphatic hydroxyl groups is 1. The van der Waals surface area contributed by atoms with Gasteiger partial charge < -0.3 is 19.1 Å². The number of nitrogens with zero attached hydrogens (tertiary/aromatic N) is 2. The van der Waals surface area contributed by atoms with Gasteiger partial charge in [-0.15, -0.1) is 0 Å².